The Bertz CT molecular complexity index is 763. The van der Waals surface area contributed by atoms with Crippen LogP contribution in [0.5, 0.6) is 0 Å². The van der Waals surface area contributed by atoms with Gasteiger partial charge < -0.3 is 15.4 Å². The second-order valence-electron chi connectivity index (χ2n) is 7.97. The van der Waals surface area contributed by atoms with Crippen molar-refractivity contribution in [3.05, 3.63) is 47.7 Å². The van der Waals surface area contributed by atoms with Gasteiger partial charge in [0.25, 0.3) is 5.91 Å². The summed E-state index contributed by atoms with van der Waals surface area (Å²) in [5.74, 6) is 0.398. The summed E-state index contributed by atoms with van der Waals surface area (Å²) in [7, 11) is 0. The van der Waals surface area contributed by atoms with E-state index in [4.69, 9.17) is 4.74 Å². The highest BCUT2D eigenvalue weighted by atomic mass is 16.5. The van der Waals surface area contributed by atoms with Crippen molar-refractivity contribution < 1.29 is 9.53 Å². The molecule has 0 saturated carbocycles. The molecule has 1 saturated heterocycles. The van der Waals surface area contributed by atoms with Gasteiger partial charge in [-0.15, -0.1) is 10.2 Å². The van der Waals surface area contributed by atoms with Crippen molar-refractivity contribution in [3.63, 3.8) is 0 Å². The van der Waals surface area contributed by atoms with Gasteiger partial charge >= 0.3 is 0 Å². The maximum atomic E-state index is 12.2. The molecule has 1 fully saturated rings. The number of hydrogen-bond acceptors (Lipinski definition) is 6. The van der Waals surface area contributed by atoms with Crippen molar-refractivity contribution >= 4 is 17.4 Å². The smallest absolute Gasteiger partial charge is 0.271 e. The van der Waals surface area contributed by atoms with Crippen LogP contribution in [0.1, 0.15) is 36.8 Å². The fourth-order valence-electron chi connectivity index (χ4n) is 2.96. The molecule has 1 amide bonds. The molecular weight excluding hydrogens is 354 g/mol. The molecule has 0 unspecified atom stereocenters. The maximum absolute atomic E-state index is 12.2. The number of carbonyl (C=O) groups is 1. The minimum atomic E-state index is -0.207. The van der Waals surface area contributed by atoms with Gasteiger partial charge in [-0.2, -0.15) is 0 Å². The predicted octanol–water partition coefficient (Wildman–Crippen LogP) is 2.58. The van der Waals surface area contributed by atoms with Crippen molar-refractivity contribution in [1.29, 1.82) is 0 Å². The molecule has 7 nitrogen and oxygen atoms in total. The van der Waals surface area contributed by atoms with Gasteiger partial charge in [0.1, 0.15) is 0 Å². The van der Waals surface area contributed by atoms with E-state index in [-0.39, 0.29) is 11.3 Å². The number of nitrogens with zero attached hydrogens (tertiary/aromatic N) is 3. The van der Waals surface area contributed by atoms with Gasteiger partial charge in [0.15, 0.2) is 11.5 Å². The fraction of sp³-hybridized carbons (Fsp3) is 0.476. The van der Waals surface area contributed by atoms with Crippen LogP contribution in [-0.4, -0.2) is 60.4 Å². The number of hydrogen-bond donors (Lipinski definition) is 2. The zero-order chi connectivity index (χ0) is 20.0. The van der Waals surface area contributed by atoms with E-state index in [2.05, 4.69) is 58.6 Å². The molecule has 0 radical (unpaired) electrons. The van der Waals surface area contributed by atoms with E-state index in [1.807, 2.05) is 12.1 Å². The molecule has 1 aromatic heterocycles. The Morgan fingerprint density at radius 1 is 1.07 bits per heavy atom. The monoisotopic (exact) mass is 383 g/mol. The summed E-state index contributed by atoms with van der Waals surface area (Å²) in [4.78, 5) is 14.5. The molecule has 2 heterocycles. The van der Waals surface area contributed by atoms with Crippen LogP contribution in [0.3, 0.4) is 0 Å². The first-order valence-electron chi connectivity index (χ1n) is 9.71. The average Bonchev–Trinajstić information content (AvgIpc) is 2.69. The summed E-state index contributed by atoms with van der Waals surface area (Å²) in [6.45, 7) is 11.3. The van der Waals surface area contributed by atoms with Crippen molar-refractivity contribution in [1.82, 2.24) is 20.4 Å². The third-order valence-electron chi connectivity index (χ3n) is 4.74. The predicted molar refractivity (Wildman–Crippen MR) is 110 cm³/mol. The fourth-order valence-corrected chi connectivity index (χ4v) is 2.96. The Labute approximate surface area is 166 Å². The Morgan fingerprint density at radius 3 is 2.39 bits per heavy atom. The van der Waals surface area contributed by atoms with Crippen LogP contribution in [0, 0.1) is 0 Å². The summed E-state index contributed by atoms with van der Waals surface area (Å²) in [6.07, 6.45) is 0. The number of anilines is 2. The molecule has 2 N–H and O–H groups in total. The zero-order valence-electron chi connectivity index (χ0n) is 16.9. The number of morpholine rings is 1. The van der Waals surface area contributed by atoms with Crippen molar-refractivity contribution in [2.24, 2.45) is 0 Å². The van der Waals surface area contributed by atoms with E-state index in [1.54, 1.807) is 12.1 Å². The number of aromatic nitrogens is 2. The minimum absolute atomic E-state index is 0.120. The van der Waals surface area contributed by atoms with Gasteiger partial charge in [0.05, 0.1) is 13.2 Å². The lowest BCUT2D eigenvalue weighted by Crippen LogP contribution is -2.41. The highest BCUT2D eigenvalue weighted by Gasteiger charge is 2.14. The van der Waals surface area contributed by atoms with E-state index in [0.717, 1.165) is 38.5 Å². The first-order valence-corrected chi connectivity index (χ1v) is 9.71. The molecule has 0 aliphatic carbocycles. The molecule has 28 heavy (non-hydrogen) atoms. The van der Waals surface area contributed by atoms with E-state index in [1.165, 1.54) is 5.56 Å². The molecule has 0 bridgehead atoms. The number of nitrogens with one attached hydrogen (secondary N) is 2. The van der Waals surface area contributed by atoms with Crippen molar-refractivity contribution in [2.45, 2.75) is 26.2 Å². The largest absolute Gasteiger partial charge is 0.379 e. The molecule has 1 aromatic carbocycles. The highest BCUT2D eigenvalue weighted by Crippen LogP contribution is 2.24. The Kier molecular flexibility index (Phi) is 6.59. The SMILES string of the molecule is CC(C)(C)c1ccc(Nc2ccc(C(=O)NCCN3CCOCC3)nn2)cc1. The summed E-state index contributed by atoms with van der Waals surface area (Å²) in [5.41, 5.74) is 2.64. The van der Waals surface area contributed by atoms with Crippen LogP contribution in [0.2, 0.25) is 0 Å². The lowest BCUT2D eigenvalue weighted by molar-refractivity contribution is 0.0383. The van der Waals surface area contributed by atoms with Crippen LogP contribution < -0.4 is 10.6 Å². The first kappa shape index (κ1) is 20.2. The molecule has 0 atom stereocenters. The normalized spacial score (nSPS) is 15.2. The molecule has 150 valence electrons. The molecule has 3 rings (SSSR count). The number of ether oxygens (including phenoxy) is 1. The zero-order valence-corrected chi connectivity index (χ0v) is 16.9. The Hall–Kier alpha value is -2.51. The van der Waals surface area contributed by atoms with Gasteiger partial charge in [-0.3, -0.25) is 9.69 Å². The molecule has 0 spiro atoms. The summed E-state index contributed by atoms with van der Waals surface area (Å²) >= 11 is 0. The van der Waals surface area contributed by atoms with Crippen molar-refractivity contribution in [3.8, 4) is 0 Å². The summed E-state index contributed by atoms with van der Waals surface area (Å²) in [5, 5.41) is 14.3. The molecular formula is C21H29N5O2. The van der Waals surface area contributed by atoms with E-state index in [0.29, 0.717) is 18.1 Å². The second kappa shape index (κ2) is 9.12. The third kappa shape index (κ3) is 5.74. The number of carbonyl (C=O) groups excluding carboxylic acids is 1. The van der Waals surface area contributed by atoms with Crippen LogP contribution in [-0.2, 0) is 10.2 Å². The van der Waals surface area contributed by atoms with Gasteiger partial charge in [0, 0.05) is 31.9 Å². The molecule has 1 aliphatic rings. The topological polar surface area (TPSA) is 79.4 Å². The number of benzene rings is 1. The quantitative estimate of drug-likeness (QED) is 0.798. The molecule has 2 aromatic rings. The van der Waals surface area contributed by atoms with Gasteiger partial charge in [-0.25, -0.2) is 0 Å². The average molecular weight is 383 g/mol. The lowest BCUT2D eigenvalue weighted by Gasteiger charge is -2.26. The first-order chi connectivity index (χ1) is 13.4. The van der Waals surface area contributed by atoms with Gasteiger partial charge in [-0.05, 0) is 35.2 Å². The summed E-state index contributed by atoms with van der Waals surface area (Å²) < 4.78 is 5.32. The van der Waals surface area contributed by atoms with Gasteiger partial charge in [-0.1, -0.05) is 32.9 Å². The lowest BCUT2D eigenvalue weighted by atomic mass is 9.87. The Balaban J connectivity index is 1.49. The van der Waals surface area contributed by atoms with Crippen LogP contribution >= 0.6 is 0 Å². The third-order valence-corrected chi connectivity index (χ3v) is 4.74. The maximum Gasteiger partial charge on any atom is 0.271 e. The van der Waals surface area contributed by atoms with Gasteiger partial charge in [0.2, 0.25) is 0 Å². The van der Waals surface area contributed by atoms with Crippen LogP contribution in [0.25, 0.3) is 0 Å². The second-order valence-corrected chi connectivity index (χ2v) is 7.97. The van der Waals surface area contributed by atoms with E-state index >= 15 is 0 Å². The standard InChI is InChI=1S/C21H29N5O2/c1-21(2,3)16-4-6-17(7-5-16)23-19-9-8-18(24-25-19)20(27)22-10-11-26-12-14-28-15-13-26/h4-9H,10-15H2,1-3H3,(H,22,27)(H,23,25). The van der Waals surface area contributed by atoms with Crippen LogP contribution in [0.15, 0.2) is 36.4 Å². The summed E-state index contributed by atoms with van der Waals surface area (Å²) in [6, 6.07) is 11.7. The van der Waals surface area contributed by atoms with Crippen molar-refractivity contribution in [2.75, 3.05) is 44.7 Å². The Morgan fingerprint density at radius 2 is 1.79 bits per heavy atom. The molecule has 7 heteroatoms. The number of amides is 1. The van der Waals surface area contributed by atoms with E-state index in [9.17, 15) is 4.79 Å². The minimum Gasteiger partial charge on any atom is -0.379 e. The number of rotatable bonds is 6. The molecule has 1 aliphatic heterocycles. The highest BCUT2D eigenvalue weighted by molar-refractivity contribution is 5.92. The van der Waals surface area contributed by atoms with Crippen LogP contribution in [0.4, 0.5) is 11.5 Å². The van der Waals surface area contributed by atoms with E-state index < -0.39 is 0 Å².